The van der Waals surface area contributed by atoms with E-state index in [2.05, 4.69) is 0 Å². The molecule has 1 saturated heterocycles. The van der Waals surface area contributed by atoms with Crippen LogP contribution in [0.1, 0.15) is 22.3 Å². The second-order valence-electron chi connectivity index (χ2n) is 10.9. The molecule has 4 aromatic carbocycles. The van der Waals surface area contributed by atoms with Gasteiger partial charge in [-0.15, -0.1) is 0 Å². The highest BCUT2D eigenvalue weighted by Gasteiger charge is 2.72. The number of aliphatic hydroxyl groups is 5. The lowest BCUT2D eigenvalue weighted by molar-refractivity contribution is -0.401. The van der Waals surface area contributed by atoms with E-state index in [1.807, 2.05) is 84.9 Å². The van der Waals surface area contributed by atoms with Crippen LogP contribution in [0.15, 0.2) is 121 Å². The van der Waals surface area contributed by atoms with Crippen LogP contribution < -0.4 is 0 Å². The number of ether oxygens (including phenoxy) is 1. The second kappa shape index (κ2) is 11.6. The molecule has 0 amide bonds. The van der Waals surface area contributed by atoms with Gasteiger partial charge in [0.25, 0.3) is 0 Å². The minimum absolute atomic E-state index is 0.105. The van der Waals surface area contributed by atoms with E-state index in [9.17, 15) is 25.5 Å². The van der Waals surface area contributed by atoms with Gasteiger partial charge in [0.05, 0.1) is 6.10 Å². The third-order valence-corrected chi connectivity index (χ3v) is 8.16. The number of rotatable bonds is 9. The summed E-state index contributed by atoms with van der Waals surface area (Å²) in [5, 5.41) is 60.8. The van der Waals surface area contributed by atoms with Crippen LogP contribution >= 0.6 is 0 Å². The van der Waals surface area contributed by atoms with Crippen LogP contribution in [0.4, 0.5) is 0 Å². The van der Waals surface area contributed by atoms with Crippen molar-refractivity contribution in [1.82, 2.24) is 0 Å². The highest BCUT2D eigenvalue weighted by molar-refractivity contribution is 5.33. The first-order valence-corrected chi connectivity index (χ1v) is 13.6. The normalized spacial score (nSPS) is 29.1. The van der Waals surface area contributed by atoms with E-state index >= 15 is 0 Å². The van der Waals surface area contributed by atoms with Crippen molar-refractivity contribution >= 4 is 0 Å². The van der Waals surface area contributed by atoms with Crippen LogP contribution in [0.25, 0.3) is 0 Å². The fourth-order valence-electron chi connectivity index (χ4n) is 6.04. The summed E-state index contributed by atoms with van der Waals surface area (Å²) in [6.45, 7) is 0. The van der Waals surface area contributed by atoms with Crippen molar-refractivity contribution in [2.45, 2.75) is 61.0 Å². The maximum absolute atomic E-state index is 12.8. The molecule has 1 heterocycles. The quantitative estimate of drug-likeness (QED) is 0.223. The smallest absolute Gasteiger partial charge is 0.187 e. The van der Waals surface area contributed by atoms with Gasteiger partial charge in [0.1, 0.15) is 17.3 Å². The van der Waals surface area contributed by atoms with Gasteiger partial charge in [-0.2, -0.15) is 0 Å². The number of benzene rings is 4. The molecule has 5 N–H and O–H groups in total. The Labute approximate surface area is 234 Å². The average Bonchev–Trinajstić information content (AvgIpc) is 2.97. The topological polar surface area (TPSA) is 110 Å². The maximum atomic E-state index is 12.8. The molecule has 0 spiro atoms. The zero-order chi connectivity index (χ0) is 28.2. The van der Waals surface area contributed by atoms with Crippen LogP contribution in [0, 0.1) is 0 Å². The first-order valence-electron chi connectivity index (χ1n) is 13.6. The average molecular weight is 541 g/mol. The van der Waals surface area contributed by atoms with Crippen molar-refractivity contribution < 1.29 is 30.3 Å². The van der Waals surface area contributed by atoms with Gasteiger partial charge in [0, 0.05) is 25.7 Å². The van der Waals surface area contributed by atoms with Crippen LogP contribution in [-0.4, -0.2) is 60.8 Å². The number of aliphatic hydroxyl groups excluding tert-OH is 2. The third kappa shape index (κ3) is 5.34. The molecule has 1 fully saturated rings. The van der Waals surface area contributed by atoms with Crippen molar-refractivity contribution in [3.63, 3.8) is 0 Å². The summed E-state index contributed by atoms with van der Waals surface area (Å²) in [5.74, 6) is 0. The first-order chi connectivity index (χ1) is 19.2. The molecule has 6 atom stereocenters. The van der Waals surface area contributed by atoms with E-state index in [0.717, 1.165) is 5.56 Å². The van der Waals surface area contributed by atoms with Gasteiger partial charge < -0.3 is 30.3 Å². The monoisotopic (exact) mass is 540 g/mol. The molecule has 0 saturated carbocycles. The Hall–Kier alpha value is -3.36. The fourth-order valence-corrected chi connectivity index (χ4v) is 6.04. The van der Waals surface area contributed by atoms with Crippen molar-refractivity contribution in [2.24, 2.45) is 0 Å². The van der Waals surface area contributed by atoms with Gasteiger partial charge >= 0.3 is 0 Å². The maximum Gasteiger partial charge on any atom is 0.187 e. The minimum atomic E-state index is -2.35. The number of hydrogen-bond acceptors (Lipinski definition) is 6. The van der Waals surface area contributed by atoms with Gasteiger partial charge in [0.15, 0.2) is 11.9 Å². The molecule has 208 valence electrons. The van der Waals surface area contributed by atoms with Crippen LogP contribution in [0.2, 0.25) is 0 Å². The summed E-state index contributed by atoms with van der Waals surface area (Å²) < 4.78 is 5.97. The SMILES string of the molecule is OC(Cc1ccccc1)[C@H]1O[C@H](O)[C@](O)(Cc2ccccc2)[C@](O)(Cc2ccccc2)[C@@]1(O)Cc1ccccc1. The van der Waals surface area contributed by atoms with E-state index in [4.69, 9.17) is 4.74 Å². The Kier molecular flexibility index (Phi) is 8.19. The van der Waals surface area contributed by atoms with Crippen LogP contribution in [-0.2, 0) is 30.4 Å². The predicted octanol–water partition coefficient (Wildman–Crippen LogP) is 3.23. The molecule has 1 unspecified atom stereocenters. The predicted molar refractivity (Wildman–Crippen MR) is 152 cm³/mol. The Morgan fingerprint density at radius 2 is 0.925 bits per heavy atom. The second-order valence-corrected chi connectivity index (χ2v) is 10.9. The zero-order valence-corrected chi connectivity index (χ0v) is 22.3. The minimum Gasteiger partial charge on any atom is -0.390 e. The van der Waals surface area contributed by atoms with E-state index < -0.39 is 35.3 Å². The van der Waals surface area contributed by atoms with Gasteiger partial charge in [-0.3, -0.25) is 0 Å². The molecule has 0 radical (unpaired) electrons. The molecule has 40 heavy (non-hydrogen) atoms. The van der Waals surface area contributed by atoms with Crippen LogP contribution in [0.3, 0.4) is 0 Å². The Morgan fingerprint density at radius 1 is 0.550 bits per heavy atom. The summed E-state index contributed by atoms with van der Waals surface area (Å²) in [5.41, 5.74) is -4.15. The van der Waals surface area contributed by atoms with E-state index in [1.54, 1.807) is 36.4 Å². The lowest BCUT2D eigenvalue weighted by Gasteiger charge is -2.61. The van der Waals surface area contributed by atoms with Gasteiger partial charge in [-0.25, -0.2) is 0 Å². The molecule has 0 bridgehead atoms. The van der Waals surface area contributed by atoms with Crippen LogP contribution in [0.5, 0.6) is 0 Å². The summed E-state index contributed by atoms with van der Waals surface area (Å²) in [4.78, 5) is 0. The van der Waals surface area contributed by atoms with E-state index in [-0.39, 0.29) is 25.7 Å². The van der Waals surface area contributed by atoms with Gasteiger partial charge in [0.2, 0.25) is 0 Å². The molecule has 6 nitrogen and oxygen atoms in total. The summed E-state index contributed by atoms with van der Waals surface area (Å²) >= 11 is 0. The Morgan fingerprint density at radius 3 is 1.38 bits per heavy atom. The fraction of sp³-hybridized carbons (Fsp3) is 0.294. The molecule has 1 aliphatic heterocycles. The molecule has 6 heteroatoms. The van der Waals surface area contributed by atoms with Crippen molar-refractivity contribution in [1.29, 1.82) is 0 Å². The van der Waals surface area contributed by atoms with Gasteiger partial charge in [-0.1, -0.05) is 121 Å². The lowest BCUT2D eigenvalue weighted by Crippen LogP contribution is -2.83. The molecular formula is C34H36O6. The molecular weight excluding hydrogens is 504 g/mol. The molecule has 4 aromatic rings. The Bertz CT molecular complexity index is 1350. The van der Waals surface area contributed by atoms with E-state index in [0.29, 0.717) is 16.7 Å². The van der Waals surface area contributed by atoms with Crippen molar-refractivity contribution in [2.75, 3.05) is 0 Å². The molecule has 0 aromatic heterocycles. The summed E-state index contributed by atoms with van der Waals surface area (Å²) in [6, 6.07) is 36.4. The van der Waals surface area contributed by atoms with E-state index in [1.165, 1.54) is 0 Å². The Balaban J connectivity index is 1.66. The molecule has 5 rings (SSSR count). The summed E-state index contributed by atoms with van der Waals surface area (Å²) in [7, 11) is 0. The molecule has 1 aliphatic rings. The molecule has 0 aliphatic carbocycles. The van der Waals surface area contributed by atoms with Gasteiger partial charge in [-0.05, 0) is 22.3 Å². The largest absolute Gasteiger partial charge is 0.390 e. The highest BCUT2D eigenvalue weighted by atomic mass is 16.6. The first kappa shape index (κ1) is 28.2. The summed E-state index contributed by atoms with van der Waals surface area (Å²) in [6.07, 6.45) is -5.09. The third-order valence-electron chi connectivity index (χ3n) is 8.16. The van der Waals surface area contributed by atoms with Crippen molar-refractivity contribution in [3.05, 3.63) is 144 Å². The standard InChI is InChI=1S/C34H36O6/c35-29(21-25-13-5-1-6-14-25)30-32(37,22-26-15-7-2-8-16-26)34(39,24-28-19-11-4-12-20-28)33(38,31(36)40-30)23-27-17-9-3-10-18-27/h1-20,29-31,35-39H,21-24H2/t29?,30-,31+,32-,33-,34+/m1/s1. The lowest BCUT2D eigenvalue weighted by atomic mass is 9.59. The highest BCUT2D eigenvalue weighted by Crippen LogP contribution is 2.50. The number of hydrogen-bond donors (Lipinski definition) is 5. The van der Waals surface area contributed by atoms with Crippen molar-refractivity contribution in [3.8, 4) is 0 Å². The zero-order valence-electron chi connectivity index (χ0n) is 22.3.